The zero-order chi connectivity index (χ0) is 20.2. The van der Waals surface area contributed by atoms with Crippen LogP contribution in [0.3, 0.4) is 0 Å². The maximum Gasteiger partial charge on any atom is 0.368 e. The van der Waals surface area contributed by atoms with Gasteiger partial charge in [0.05, 0.1) is 12.8 Å². The summed E-state index contributed by atoms with van der Waals surface area (Å²) in [5.74, 6) is 0.679. The van der Waals surface area contributed by atoms with E-state index in [9.17, 15) is 9.59 Å². The number of hydrogen-bond donors (Lipinski definition) is 0. The molecule has 0 spiro atoms. The molecule has 2 aromatic carbocycles. The smallest absolute Gasteiger partial charge is 0.368 e. The van der Waals surface area contributed by atoms with Gasteiger partial charge >= 0.3 is 5.69 Å². The topological polar surface area (TPSA) is 85.5 Å². The normalized spacial score (nSPS) is 14.1. The first-order valence-corrected chi connectivity index (χ1v) is 9.41. The highest BCUT2D eigenvalue weighted by atomic mass is 16.5. The molecule has 1 aliphatic rings. The van der Waals surface area contributed by atoms with Gasteiger partial charge in [0.15, 0.2) is 0 Å². The quantitative estimate of drug-likeness (QED) is 0.636. The van der Waals surface area contributed by atoms with Crippen LogP contribution in [0.25, 0.3) is 5.69 Å². The van der Waals surface area contributed by atoms with Crippen LogP contribution >= 0.6 is 0 Å². The van der Waals surface area contributed by atoms with Gasteiger partial charge in [0.25, 0.3) is 0 Å². The molecule has 9 nitrogen and oxygen atoms in total. The average molecular weight is 394 g/mol. The number of piperazine rings is 1. The molecule has 3 aromatic rings. The highest BCUT2D eigenvalue weighted by Crippen LogP contribution is 2.20. The van der Waals surface area contributed by atoms with E-state index in [1.165, 1.54) is 4.68 Å². The first-order chi connectivity index (χ1) is 14.2. The van der Waals surface area contributed by atoms with Crippen LogP contribution in [0.4, 0.5) is 5.69 Å². The van der Waals surface area contributed by atoms with Crippen LogP contribution in [0.15, 0.2) is 59.4 Å². The van der Waals surface area contributed by atoms with Gasteiger partial charge in [0.2, 0.25) is 5.91 Å². The SMILES string of the molecule is COc1ccc(N2CCN(C(=O)Cn3nnn(-c4ccccc4)c3=O)CC2)cc1. The van der Waals surface area contributed by atoms with Crippen molar-refractivity contribution in [2.75, 3.05) is 38.2 Å². The first kappa shape index (κ1) is 18.7. The number of methoxy groups -OCH3 is 1. The van der Waals surface area contributed by atoms with Crippen molar-refractivity contribution in [3.05, 3.63) is 65.1 Å². The second kappa shape index (κ2) is 8.17. The highest BCUT2D eigenvalue weighted by molar-refractivity contribution is 5.76. The Balaban J connectivity index is 1.37. The summed E-state index contributed by atoms with van der Waals surface area (Å²) in [6.45, 7) is 2.51. The molecule has 1 amide bonds. The Morgan fingerprint density at radius 3 is 2.28 bits per heavy atom. The lowest BCUT2D eigenvalue weighted by atomic mass is 10.2. The molecular formula is C20H22N6O3. The maximum absolute atomic E-state index is 12.6. The Morgan fingerprint density at radius 1 is 0.931 bits per heavy atom. The Kier molecular flexibility index (Phi) is 5.28. The minimum absolute atomic E-state index is 0.117. The second-order valence-electron chi connectivity index (χ2n) is 6.73. The third-order valence-electron chi connectivity index (χ3n) is 5.00. The van der Waals surface area contributed by atoms with E-state index >= 15 is 0 Å². The molecule has 9 heteroatoms. The van der Waals surface area contributed by atoms with E-state index in [0.29, 0.717) is 18.8 Å². The molecule has 0 saturated carbocycles. The summed E-state index contributed by atoms with van der Waals surface area (Å²) in [7, 11) is 1.64. The maximum atomic E-state index is 12.6. The van der Waals surface area contributed by atoms with E-state index in [1.54, 1.807) is 24.1 Å². The molecule has 0 radical (unpaired) electrons. The van der Waals surface area contributed by atoms with Gasteiger partial charge in [-0.2, -0.15) is 9.36 Å². The summed E-state index contributed by atoms with van der Waals surface area (Å²) in [4.78, 5) is 29.1. The van der Waals surface area contributed by atoms with Crippen LogP contribution in [-0.4, -0.2) is 63.9 Å². The number of rotatable bonds is 5. The number of ether oxygens (including phenoxy) is 1. The zero-order valence-electron chi connectivity index (χ0n) is 16.1. The van der Waals surface area contributed by atoms with Crippen LogP contribution in [0.1, 0.15) is 0 Å². The molecule has 0 N–H and O–H groups in total. The minimum atomic E-state index is -0.429. The first-order valence-electron chi connectivity index (χ1n) is 9.41. The number of carbonyl (C=O) groups excluding carboxylic acids is 1. The Bertz CT molecular complexity index is 1020. The number of aromatic nitrogens is 4. The van der Waals surface area contributed by atoms with Crippen molar-refractivity contribution < 1.29 is 9.53 Å². The summed E-state index contributed by atoms with van der Waals surface area (Å²) in [5, 5.41) is 7.73. The molecule has 1 saturated heterocycles. The van der Waals surface area contributed by atoms with E-state index in [2.05, 4.69) is 15.3 Å². The van der Waals surface area contributed by atoms with E-state index in [1.807, 2.05) is 42.5 Å². The minimum Gasteiger partial charge on any atom is -0.497 e. The summed E-state index contributed by atoms with van der Waals surface area (Å²) in [5.41, 5.74) is 1.28. The molecule has 1 fully saturated rings. The van der Waals surface area contributed by atoms with Crippen LogP contribution in [0.5, 0.6) is 5.75 Å². The summed E-state index contributed by atoms with van der Waals surface area (Å²) < 4.78 is 7.48. The fraction of sp³-hybridized carbons (Fsp3) is 0.300. The molecule has 0 atom stereocenters. The molecule has 29 heavy (non-hydrogen) atoms. The Morgan fingerprint density at radius 2 is 1.62 bits per heavy atom. The van der Waals surface area contributed by atoms with Gasteiger partial charge in [-0.25, -0.2) is 4.79 Å². The molecular weight excluding hydrogens is 372 g/mol. The number of amides is 1. The van der Waals surface area contributed by atoms with E-state index < -0.39 is 5.69 Å². The van der Waals surface area contributed by atoms with Gasteiger partial charge in [0.1, 0.15) is 12.3 Å². The lowest BCUT2D eigenvalue weighted by Gasteiger charge is -2.36. The van der Waals surface area contributed by atoms with Gasteiger partial charge in [0, 0.05) is 31.9 Å². The zero-order valence-corrected chi connectivity index (χ0v) is 16.1. The van der Waals surface area contributed by atoms with Crippen molar-refractivity contribution in [1.82, 2.24) is 24.7 Å². The number of carbonyl (C=O) groups is 1. The predicted octanol–water partition coefficient (Wildman–Crippen LogP) is 0.786. The molecule has 1 aliphatic heterocycles. The monoisotopic (exact) mass is 394 g/mol. The molecule has 1 aromatic heterocycles. The third-order valence-corrected chi connectivity index (χ3v) is 5.00. The number of nitrogens with zero attached hydrogens (tertiary/aromatic N) is 6. The van der Waals surface area contributed by atoms with Crippen molar-refractivity contribution in [3.8, 4) is 11.4 Å². The third kappa shape index (κ3) is 3.98. The van der Waals surface area contributed by atoms with Crippen LogP contribution in [0.2, 0.25) is 0 Å². The van der Waals surface area contributed by atoms with Crippen LogP contribution in [-0.2, 0) is 11.3 Å². The molecule has 4 rings (SSSR count). The largest absolute Gasteiger partial charge is 0.497 e. The second-order valence-corrected chi connectivity index (χ2v) is 6.73. The lowest BCUT2D eigenvalue weighted by molar-refractivity contribution is -0.132. The number of anilines is 1. The molecule has 0 aliphatic carbocycles. The van der Waals surface area contributed by atoms with Gasteiger partial charge in [-0.15, -0.1) is 0 Å². The van der Waals surface area contributed by atoms with Gasteiger partial charge in [-0.3, -0.25) is 4.79 Å². The van der Waals surface area contributed by atoms with E-state index in [0.717, 1.165) is 29.2 Å². The standard InChI is InChI=1S/C20H22N6O3/c1-29-18-9-7-16(8-10-18)23-11-13-24(14-12-23)19(27)15-25-20(28)26(22-21-25)17-5-3-2-4-6-17/h2-10H,11-15H2,1H3. The molecule has 0 unspecified atom stereocenters. The summed E-state index contributed by atoms with van der Waals surface area (Å²) >= 11 is 0. The van der Waals surface area contributed by atoms with Crippen molar-refractivity contribution in [1.29, 1.82) is 0 Å². The van der Waals surface area contributed by atoms with Gasteiger partial charge in [-0.1, -0.05) is 18.2 Å². The van der Waals surface area contributed by atoms with Crippen LogP contribution in [0, 0.1) is 0 Å². The highest BCUT2D eigenvalue weighted by Gasteiger charge is 2.23. The lowest BCUT2D eigenvalue weighted by Crippen LogP contribution is -2.50. The number of benzene rings is 2. The van der Waals surface area contributed by atoms with Crippen molar-refractivity contribution in [2.24, 2.45) is 0 Å². The number of tetrazole rings is 1. The fourth-order valence-electron chi connectivity index (χ4n) is 3.34. The summed E-state index contributed by atoms with van der Waals surface area (Å²) in [6.07, 6.45) is 0. The van der Waals surface area contributed by atoms with Crippen molar-refractivity contribution >= 4 is 11.6 Å². The Hall–Kier alpha value is -3.62. The molecule has 0 bridgehead atoms. The van der Waals surface area contributed by atoms with Crippen LogP contribution < -0.4 is 15.3 Å². The average Bonchev–Trinajstić information content (AvgIpc) is 3.14. The predicted molar refractivity (Wildman–Crippen MR) is 107 cm³/mol. The molecule has 150 valence electrons. The van der Waals surface area contributed by atoms with E-state index in [4.69, 9.17) is 4.74 Å². The molecule has 2 heterocycles. The number of hydrogen-bond acceptors (Lipinski definition) is 6. The van der Waals surface area contributed by atoms with Crippen molar-refractivity contribution in [3.63, 3.8) is 0 Å². The van der Waals surface area contributed by atoms with Gasteiger partial charge in [-0.05, 0) is 46.8 Å². The fourth-order valence-corrected chi connectivity index (χ4v) is 3.34. The van der Waals surface area contributed by atoms with Gasteiger partial charge < -0.3 is 14.5 Å². The number of para-hydroxylation sites is 1. The summed E-state index contributed by atoms with van der Waals surface area (Å²) in [6, 6.07) is 16.9. The van der Waals surface area contributed by atoms with E-state index in [-0.39, 0.29) is 12.5 Å². The van der Waals surface area contributed by atoms with Crippen molar-refractivity contribution in [2.45, 2.75) is 6.54 Å². The Labute approximate surface area is 167 Å².